The van der Waals surface area contributed by atoms with Gasteiger partial charge in [-0.1, -0.05) is 0 Å². The van der Waals surface area contributed by atoms with Gasteiger partial charge in [-0.25, -0.2) is 4.98 Å². The Hall–Kier alpha value is -0.410. The Bertz CT molecular complexity index is 393. The molecule has 0 amide bonds. The lowest BCUT2D eigenvalue weighted by Crippen LogP contribution is -2.42. The fourth-order valence-corrected chi connectivity index (χ4v) is 2.86. The predicted octanol–water partition coefficient (Wildman–Crippen LogP) is 1.85. The Balaban J connectivity index is 0.00000200. The van der Waals surface area contributed by atoms with Gasteiger partial charge in [0.25, 0.3) is 0 Å². The van der Waals surface area contributed by atoms with Crippen molar-refractivity contribution in [1.29, 1.82) is 0 Å². The maximum absolute atomic E-state index is 5.41. The first-order valence-electron chi connectivity index (χ1n) is 6.67. The summed E-state index contributed by atoms with van der Waals surface area (Å²) < 4.78 is 5.41. The minimum atomic E-state index is 0. The van der Waals surface area contributed by atoms with Crippen LogP contribution in [0.2, 0.25) is 0 Å². The van der Waals surface area contributed by atoms with Gasteiger partial charge in [0.05, 0.1) is 11.6 Å². The number of ether oxygens (including phenoxy) is 1. The minimum absolute atomic E-state index is 0. The summed E-state index contributed by atoms with van der Waals surface area (Å²) in [5.74, 6) is 1.57. The largest absolute Gasteiger partial charge is 0.381 e. The molecule has 0 aliphatic carbocycles. The number of hydrogen-bond acceptors (Lipinski definition) is 4. The number of guanidine groups is 1. The van der Waals surface area contributed by atoms with Crippen LogP contribution < -0.4 is 5.32 Å². The van der Waals surface area contributed by atoms with Crippen LogP contribution in [0.4, 0.5) is 0 Å². The van der Waals surface area contributed by atoms with E-state index in [1.165, 1.54) is 0 Å². The van der Waals surface area contributed by atoms with Crippen molar-refractivity contribution >= 4 is 41.3 Å². The molecule has 20 heavy (non-hydrogen) atoms. The third-order valence-electron chi connectivity index (χ3n) is 3.23. The molecule has 5 nitrogen and oxygen atoms in total. The van der Waals surface area contributed by atoms with Crippen LogP contribution in [-0.4, -0.2) is 56.2 Å². The highest BCUT2D eigenvalue weighted by atomic mass is 127. The quantitative estimate of drug-likeness (QED) is 0.458. The van der Waals surface area contributed by atoms with Gasteiger partial charge in [0.1, 0.15) is 0 Å². The molecule has 1 aliphatic heterocycles. The number of halogens is 1. The van der Waals surface area contributed by atoms with Crippen LogP contribution in [0.5, 0.6) is 0 Å². The number of aliphatic imine (C=N–C) groups is 1. The number of nitrogens with one attached hydrogen (secondary N) is 1. The van der Waals surface area contributed by atoms with Gasteiger partial charge >= 0.3 is 0 Å². The average Bonchev–Trinajstić information content (AvgIpc) is 3.07. The van der Waals surface area contributed by atoms with Crippen molar-refractivity contribution in [2.75, 3.05) is 40.4 Å². The molecule has 1 unspecified atom stereocenters. The van der Waals surface area contributed by atoms with Gasteiger partial charge in [-0.05, 0) is 6.42 Å². The number of aromatic nitrogens is 1. The van der Waals surface area contributed by atoms with Crippen molar-refractivity contribution in [2.45, 2.75) is 12.8 Å². The van der Waals surface area contributed by atoms with Crippen molar-refractivity contribution in [3.8, 4) is 0 Å². The molecule has 1 aromatic heterocycles. The number of rotatable bonds is 5. The van der Waals surface area contributed by atoms with Gasteiger partial charge in [0.15, 0.2) is 5.96 Å². The molecule has 0 radical (unpaired) electrons. The Labute approximate surface area is 141 Å². The summed E-state index contributed by atoms with van der Waals surface area (Å²) >= 11 is 1.70. The van der Waals surface area contributed by atoms with E-state index in [4.69, 9.17) is 4.74 Å². The molecule has 1 aliphatic rings. The average molecular weight is 410 g/mol. The van der Waals surface area contributed by atoms with Crippen LogP contribution in [0.3, 0.4) is 0 Å². The lowest BCUT2D eigenvalue weighted by atomic mass is 10.1. The molecule has 1 aromatic rings. The van der Waals surface area contributed by atoms with Crippen LogP contribution in [0.15, 0.2) is 16.6 Å². The van der Waals surface area contributed by atoms with E-state index >= 15 is 0 Å². The Morgan fingerprint density at radius 1 is 1.65 bits per heavy atom. The summed E-state index contributed by atoms with van der Waals surface area (Å²) in [5, 5.41) is 6.56. The zero-order chi connectivity index (χ0) is 13.5. The lowest BCUT2D eigenvalue weighted by Gasteiger charge is -2.24. The van der Waals surface area contributed by atoms with Crippen LogP contribution in [0, 0.1) is 5.92 Å². The van der Waals surface area contributed by atoms with Crippen LogP contribution in [0.1, 0.15) is 11.4 Å². The monoisotopic (exact) mass is 410 g/mol. The zero-order valence-electron chi connectivity index (χ0n) is 12.0. The van der Waals surface area contributed by atoms with Crippen molar-refractivity contribution in [3.05, 3.63) is 16.6 Å². The number of nitrogens with zero attached hydrogens (tertiary/aromatic N) is 3. The molecule has 2 heterocycles. The maximum atomic E-state index is 5.41. The second-order valence-electron chi connectivity index (χ2n) is 4.76. The molecule has 7 heteroatoms. The first kappa shape index (κ1) is 17.6. The summed E-state index contributed by atoms with van der Waals surface area (Å²) in [5.41, 5.74) is 0. The summed E-state index contributed by atoms with van der Waals surface area (Å²) in [7, 11) is 3.91. The topological polar surface area (TPSA) is 49.8 Å². The van der Waals surface area contributed by atoms with Gasteiger partial charge in [-0.15, -0.1) is 35.3 Å². The van der Waals surface area contributed by atoms with Gasteiger partial charge < -0.3 is 15.0 Å². The van der Waals surface area contributed by atoms with Crippen molar-refractivity contribution in [1.82, 2.24) is 15.2 Å². The van der Waals surface area contributed by atoms with Crippen LogP contribution in [-0.2, 0) is 11.2 Å². The molecule has 1 saturated heterocycles. The van der Waals surface area contributed by atoms with E-state index in [9.17, 15) is 0 Å². The van der Waals surface area contributed by atoms with Gasteiger partial charge in [0, 0.05) is 57.7 Å². The Morgan fingerprint density at radius 2 is 2.50 bits per heavy atom. The van der Waals surface area contributed by atoms with Crippen molar-refractivity contribution in [2.24, 2.45) is 10.9 Å². The second kappa shape index (κ2) is 9.51. The highest BCUT2D eigenvalue weighted by Crippen LogP contribution is 2.13. The van der Waals surface area contributed by atoms with Gasteiger partial charge in [-0.3, -0.25) is 4.99 Å². The molecule has 1 atom stereocenters. The standard InChI is InChI=1S/C13H22N4OS.HI/c1-14-13(16-5-3-12-15-6-8-19-12)17(2)9-11-4-7-18-10-11;/h6,8,11H,3-5,7,9-10H2,1-2H3,(H,14,16);1H. The molecular weight excluding hydrogens is 387 g/mol. The molecular formula is C13H23IN4OS. The SMILES string of the molecule is CN=C(NCCc1nccs1)N(C)CC1CCOC1.I. The van der Waals surface area contributed by atoms with E-state index in [2.05, 4.69) is 27.2 Å². The molecule has 0 saturated carbocycles. The van der Waals surface area contributed by atoms with Crippen LogP contribution in [0.25, 0.3) is 0 Å². The lowest BCUT2D eigenvalue weighted by molar-refractivity contribution is 0.181. The summed E-state index contributed by atoms with van der Waals surface area (Å²) in [6.07, 6.45) is 3.94. The summed E-state index contributed by atoms with van der Waals surface area (Å²) in [6.45, 7) is 3.64. The first-order valence-corrected chi connectivity index (χ1v) is 7.55. The van der Waals surface area contributed by atoms with Crippen LogP contribution >= 0.6 is 35.3 Å². The maximum Gasteiger partial charge on any atom is 0.193 e. The van der Waals surface area contributed by atoms with E-state index in [-0.39, 0.29) is 24.0 Å². The smallest absolute Gasteiger partial charge is 0.193 e. The van der Waals surface area contributed by atoms with E-state index < -0.39 is 0 Å². The minimum Gasteiger partial charge on any atom is -0.381 e. The molecule has 1 N–H and O–H groups in total. The highest BCUT2D eigenvalue weighted by Gasteiger charge is 2.18. The van der Waals surface area contributed by atoms with Crippen molar-refractivity contribution < 1.29 is 4.74 Å². The Morgan fingerprint density at radius 3 is 3.10 bits per heavy atom. The molecule has 114 valence electrons. The van der Waals surface area contributed by atoms with E-state index in [1.807, 2.05) is 18.6 Å². The molecule has 1 fully saturated rings. The zero-order valence-corrected chi connectivity index (χ0v) is 15.2. The van der Waals surface area contributed by atoms with Gasteiger partial charge in [0.2, 0.25) is 0 Å². The second-order valence-corrected chi connectivity index (χ2v) is 5.74. The van der Waals surface area contributed by atoms with E-state index in [0.717, 1.165) is 50.1 Å². The van der Waals surface area contributed by atoms with Crippen molar-refractivity contribution in [3.63, 3.8) is 0 Å². The third-order valence-corrected chi connectivity index (χ3v) is 4.07. The normalized spacial score (nSPS) is 18.7. The highest BCUT2D eigenvalue weighted by molar-refractivity contribution is 14.0. The number of thiazole rings is 1. The fraction of sp³-hybridized carbons (Fsp3) is 0.692. The summed E-state index contributed by atoms with van der Waals surface area (Å²) in [6, 6.07) is 0. The molecule has 0 aromatic carbocycles. The number of hydrogen-bond donors (Lipinski definition) is 1. The molecule has 0 spiro atoms. The predicted molar refractivity (Wildman–Crippen MR) is 94.2 cm³/mol. The molecule has 0 bridgehead atoms. The summed E-state index contributed by atoms with van der Waals surface area (Å²) in [4.78, 5) is 10.8. The fourth-order valence-electron chi connectivity index (χ4n) is 2.24. The third kappa shape index (κ3) is 5.53. The Kier molecular flexibility index (Phi) is 8.39. The molecule has 2 rings (SSSR count). The van der Waals surface area contributed by atoms with E-state index in [0.29, 0.717) is 5.92 Å². The van der Waals surface area contributed by atoms with E-state index in [1.54, 1.807) is 11.3 Å². The van der Waals surface area contributed by atoms with Gasteiger partial charge in [-0.2, -0.15) is 0 Å². The first-order chi connectivity index (χ1) is 9.29.